The molecule has 0 aliphatic carbocycles. The maximum absolute atomic E-state index is 5.99. The van der Waals surface area contributed by atoms with Gasteiger partial charge in [0.2, 0.25) is 0 Å². The summed E-state index contributed by atoms with van der Waals surface area (Å²) in [4.78, 5) is 8.95. The number of pyridine rings is 1. The molecule has 0 N–H and O–H groups in total. The van der Waals surface area contributed by atoms with Crippen molar-refractivity contribution in [3.8, 4) is 0 Å². The van der Waals surface area contributed by atoms with Gasteiger partial charge in [-0.2, -0.15) is 0 Å². The number of halogens is 3. The van der Waals surface area contributed by atoms with Crippen molar-refractivity contribution in [2.45, 2.75) is 12.4 Å². The van der Waals surface area contributed by atoms with Crippen molar-refractivity contribution in [2.75, 3.05) is 0 Å². The molecule has 1 aromatic carbocycles. The number of imidazole rings is 1. The van der Waals surface area contributed by atoms with Crippen LogP contribution in [-0.2, 0) is 12.4 Å². The molecule has 0 unspecified atom stereocenters. The number of alkyl halides is 1. The Morgan fingerprint density at radius 1 is 1.20 bits per heavy atom. The molecular weight excluding hydrogens is 361 g/mol. The van der Waals surface area contributed by atoms with Gasteiger partial charge >= 0.3 is 0 Å². The van der Waals surface area contributed by atoms with Gasteiger partial charge in [0.1, 0.15) is 11.3 Å². The van der Waals surface area contributed by atoms with Crippen LogP contribution in [0.3, 0.4) is 0 Å². The number of rotatable bonds is 3. The first kappa shape index (κ1) is 13.9. The Labute approximate surface area is 134 Å². The van der Waals surface area contributed by atoms with Crippen LogP contribution in [0.2, 0.25) is 5.02 Å². The maximum atomic E-state index is 5.99. The van der Waals surface area contributed by atoms with Crippen LogP contribution in [0.15, 0.2) is 41.0 Å². The van der Waals surface area contributed by atoms with Crippen LogP contribution >= 0.6 is 39.1 Å². The van der Waals surface area contributed by atoms with Gasteiger partial charge in [0.15, 0.2) is 5.65 Å². The van der Waals surface area contributed by atoms with Gasteiger partial charge in [-0.05, 0) is 39.7 Å². The van der Waals surface area contributed by atoms with Gasteiger partial charge in [-0.15, -0.1) is 11.6 Å². The van der Waals surface area contributed by atoms with Crippen molar-refractivity contribution in [1.29, 1.82) is 0 Å². The molecule has 0 bridgehead atoms. The molecule has 0 fully saturated rings. The summed E-state index contributed by atoms with van der Waals surface area (Å²) in [5.41, 5.74) is 2.80. The van der Waals surface area contributed by atoms with Crippen LogP contribution in [0.4, 0.5) is 0 Å². The summed E-state index contributed by atoms with van der Waals surface area (Å²) in [6.07, 6.45) is 1.76. The van der Waals surface area contributed by atoms with Crippen molar-refractivity contribution in [3.63, 3.8) is 0 Å². The average Bonchev–Trinajstić information content (AvgIpc) is 2.78. The lowest BCUT2D eigenvalue weighted by atomic mass is 10.2. The molecule has 0 saturated heterocycles. The van der Waals surface area contributed by atoms with Gasteiger partial charge in [-0.25, -0.2) is 9.97 Å². The number of benzene rings is 1. The second-order valence-corrected chi connectivity index (χ2v) is 5.99. The van der Waals surface area contributed by atoms with E-state index in [4.69, 9.17) is 23.2 Å². The molecule has 0 atom stereocenters. The van der Waals surface area contributed by atoms with E-state index in [0.29, 0.717) is 12.4 Å². The summed E-state index contributed by atoms with van der Waals surface area (Å²) >= 11 is 15.3. The molecule has 0 saturated carbocycles. The fourth-order valence-electron chi connectivity index (χ4n) is 2.07. The Morgan fingerprint density at radius 2 is 1.95 bits per heavy atom. The quantitative estimate of drug-likeness (QED) is 0.629. The van der Waals surface area contributed by atoms with Gasteiger partial charge in [-0.1, -0.05) is 23.7 Å². The Balaban J connectivity index is 2.07. The van der Waals surface area contributed by atoms with Crippen molar-refractivity contribution >= 4 is 50.3 Å². The van der Waals surface area contributed by atoms with Gasteiger partial charge in [0, 0.05) is 15.7 Å². The number of hydrogen-bond acceptors (Lipinski definition) is 2. The molecule has 2 heterocycles. The van der Waals surface area contributed by atoms with E-state index >= 15 is 0 Å². The molecule has 0 amide bonds. The van der Waals surface area contributed by atoms with Gasteiger partial charge in [-0.3, -0.25) is 0 Å². The molecular formula is C14H10BrCl2N3. The van der Waals surface area contributed by atoms with Crippen LogP contribution in [0.1, 0.15) is 11.4 Å². The van der Waals surface area contributed by atoms with Gasteiger partial charge in [0.05, 0.1) is 12.4 Å². The molecule has 20 heavy (non-hydrogen) atoms. The van der Waals surface area contributed by atoms with E-state index in [1.807, 2.05) is 34.9 Å². The average molecular weight is 371 g/mol. The van der Waals surface area contributed by atoms with Crippen molar-refractivity contribution < 1.29 is 0 Å². The summed E-state index contributed by atoms with van der Waals surface area (Å²) in [6.45, 7) is 0.671. The summed E-state index contributed by atoms with van der Waals surface area (Å²) in [7, 11) is 0. The smallest absolute Gasteiger partial charge is 0.160 e. The minimum absolute atomic E-state index is 0.349. The Hall–Kier alpha value is -1.10. The van der Waals surface area contributed by atoms with Crippen LogP contribution in [0, 0.1) is 0 Å². The zero-order valence-electron chi connectivity index (χ0n) is 10.4. The zero-order chi connectivity index (χ0) is 14.1. The fraction of sp³-hybridized carbons (Fsp3) is 0.143. The van der Waals surface area contributed by atoms with Crippen LogP contribution in [-0.4, -0.2) is 14.5 Å². The lowest BCUT2D eigenvalue weighted by Gasteiger charge is -2.07. The summed E-state index contributed by atoms with van der Waals surface area (Å²) in [5.74, 6) is 1.16. The summed E-state index contributed by atoms with van der Waals surface area (Å²) in [5, 5.41) is 0.726. The molecule has 3 rings (SSSR count). The second-order valence-electron chi connectivity index (χ2n) is 4.37. The van der Waals surface area contributed by atoms with Crippen molar-refractivity contribution in [1.82, 2.24) is 14.5 Å². The highest BCUT2D eigenvalue weighted by atomic mass is 79.9. The summed E-state index contributed by atoms with van der Waals surface area (Å²) < 4.78 is 2.93. The molecule has 0 radical (unpaired) electrons. The fourth-order valence-corrected chi connectivity index (χ4v) is 2.72. The molecule has 0 spiro atoms. The molecule has 2 aromatic heterocycles. The van der Waals surface area contributed by atoms with E-state index in [0.717, 1.165) is 32.0 Å². The number of aromatic nitrogens is 3. The Bertz CT molecular complexity index is 753. The Kier molecular flexibility index (Phi) is 3.96. The van der Waals surface area contributed by atoms with Crippen molar-refractivity contribution in [3.05, 3.63) is 57.4 Å². The third-order valence-electron chi connectivity index (χ3n) is 3.00. The second kappa shape index (κ2) is 5.72. The van der Waals surface area contributed by atoms with E-state index in [1.54, 1.807) is 6.20 Å². The lowest BCUT2D eigenvalue weighted by Crippen LogP contribution is -2.04. The van der Waals surface area contributed by atoms with Gasteiger partial charge in [0.25, 0.3) is 0 Å². The normalized spacial score (nSPS) is 11.2. The van der Waals surface area contributed by atoms with E-state index < -0.39 is 0 Å². The minimum atomic E-state index is 0.349. The minimum Gasteiger partial charge on any atom is -0.307 e. The van der Waals surface area contributed by atoms with E-state index in [-0.39, 0.29) is 0 Å². The first-order valence-corrected chi connectivity index (χ1v) is 7.69. The van der Waals surface area contributed by atoms with Gasteiger partial charge < -0.3 is 4.57 Å². The standard InChI is InChI=1S/C14H10BrCl2N3/c15-10-5-12-14(18-7-10)20(13(6-16)19-12)8-9-1-3-11(17)4-2-9/h1-5,7H,6,8H2. The summed E-state index contributed by atoms with van der Waals surface area (Å²) in [6, 6.07) is 9.67. The zero-order valence-corrected chi connectivity index (χ0v) is 13.5. The molecule has 3 aromatic rings. The SMILES string of the molecule is ClCc1nc2cc(Br)cnc2n1Cc1ccc(Cl)cc1. The first-order chi connectivity index (χ1) is 9.67. The predicted molar refractivity (Wildman–Crippen MR) is 85.3 cm³/mol. The largest absolute Gasteiger partial charge is 0.307 e. The highest BCUT2D eigenvalue weighted by molar-refractivity contribution is 9.10. The number of nitrogens with zero attached hydrogens (tertiary/aromatic N) is 3. The molecule has 6 heteroatoms. The predicted octanol–water partition coefficient (Wildman–Crippen LogP) is 4.63. The van der Waals surface area contributed by atoms with E-state index in [1.165, 1.54) is 0 Å². The third-order valence-corrected chi connectivity index (χ3v) is 3.93. The highest BCUT2D eigenvalue weighted by Gasteiger charge is 2.12. The van der Waals surface area contributed by atoms with Crippen molar-refractivity contribution in [2.24, 2.45) is 0 Å². The number of fused-ring (bicyclic) bond motifs is 1. The molecule has 3 nitrogen and oxygen atoms in total. The first-order valence-electron chi connectivity index (χ1n) is 5.98. The molecule has 0 aliphatic rings. The number of hydrogen-bond donors (Lipinski definition) is 0. The third kappa shape index (κ3) is 2.68. The molecule has 102 valence electrons. The monoisotopic (exact) mass is 369 g/mol. The van der Waals surface area contributed by atoms with Crippen LogP contribution in [0.25, 0.3) is 11.2 Å². The topological polar surface area (TPSA) is 30.7 Å². The highest BCUT2D eigenvalue weighted by Crippen LogP contribution is 2.21. The Morgan fingerprint density at radius 3 is 2.65 bits per heavy atom. The van der Waals surface area contributed by atoms with Crippen LogP contribution in [0.5, 0.6) is 0 Å². The maximum Gasteiger partial charge on any atom is 0.160 e. The van der Waals surface area contributed by atoms with E-state index in [9.17, 15) is 0 Å². The van der Waals surface area contributed by atoms with Crippen LogP contribution < -0.4 is 0 Å². The van der Waals surface area contributed by atoms with E-state index in [2.05, 4.69) is 25.9 Å². The molecule has 0 aliphatic heterocycles. The lowest BCUT2D eigenvalue weighted by molar-refractivity contribution is 0.770.